The minimum Gasteiger partial charge on any atom is -0.483 e. The quantitative estimate of drug-likeness (QED) is 0.572. The Morgan fingerprint density at radius 2 is 1.85 bits per heavy atom. The number of aromatic nitrogens is 1. The maximum Gasteiger partial charge on any atom is 0.303 e. The van der Waals surface area contributed by atoms with Crippen LogP contribution in [0.1, 0.15) is 23.2 Å². The van der Waals surface area contributed by atoms with Gasteiger partial charge in [-0.1, -0.05) is 11.6 Å². The Morgan fingerprint density at radius 1 is 1.24 bits per heavy atom. The van der Waals surface area contributed by atoms with Crippen LogP contribution >= 0.6 is 11.6 Å². The number of carboxylic acid groups (broad SMARTS) is 1. The maximum absolute atomic E-state index is 14.4. The van der Waals surface area contributed by atoms with Crippen LogP contribution in [0, 0.1) is 11.6 Å². The number of carbonyl (C=O) groups excluding carboxylic acids is 1. The normalized spacial score (nSPS) is 13.3. The molecule has 1 saturated heterocycles. The molecule has 2 aromatic rings. The van der Waals surface area contributed by atoms with Crippen molar-refractivity contribution >= 4 is 40.0 Å². The second-order valence-corrected chi connectivity index (χ2v) is 9.15. The first-order valence-corrected chi connectivity index (χ1v) is 11.2. The van der Waals surface area contributed by atoms with Gasteiger partial charge in [0.1, 0.15) is 17.4 Å². The number of halogens is 3. The van der Waals surface area contributed by atoms with Gasteiger partial charge >= 0.3 is 10.2 Å². The Hall–Kier alpha value is -3.03. The summed E-state index contributed by atoms with van der Waals surface area (Å²) < 4.78 is 59.8. The van der Waals surface area contributed by atoms with E-state index >= 15 is 0 Å². The first-order valence-electron chi connectivity index (χ1n) is 9.40. The maximum atomic E-state index is 14.4. The van der Waals surface area contributed by atoms with Crippen molar-refractivity contribution in [2.75, 3.05) is 32.1 Å². The Kier molecular flexibility index (Phi) is 8.91. The van der Waals surface area contributed by atoms with E-state index in [1.165, 1.54) is 26.4 Å². The summed E-state index contributed by atoms with van der Waals surface area (Å²) in [5.74, 6) is -3.39. The summed E-state index contributed by atoms with van der Waals surface area (Å²) in [7, 11) is -1.81. The summed E-state index contributed by atoms with van der Waals surface area (Å²) in [5.41, 5.74) is -0.786. The fourth-order valence-electron chi connectivity index (χ4n) is 2.80. The zero-order chi connectivity index (χ0) is 24.8. The summed E-state index contributed by atoms with van der Waals surface area (Å²) in [6.07, 6.45) is 3.41. The van der Waals surface area contributed by atoms with E-state index in [2.05, 4.69) is 4.98 Å². The molecular weight excluding hydrogens is 486 g/mol. The van der Waals surface area contributed by atoms with Crippen LogP contribution in [0.2, 0.25) is 5.02 Å². The van der Waals surface area contributed by atoms with Crippen molar-refractivity contribution in [2.45, 2.75) is 12.8 Å². The lowest BCUT2D eigenvalue weighted by atomic mass is 10.2. The summed E-state index contributed by atoms with van der Waals surface area (Å²) >= 11 is 6.23. The summed E-state index contributed by atoms with van der Waals surface area (Å²) in [4.78, 5) is 26.6. The highest BCUT2D eigenvalue weighted by atomic mass is 35.5. The number of pyridine rings is 1. The SMILES string of the molecule is CN(C)S(=O)(=O)NC(=O)c1cc(F)c(Oc2cnc(N3CCCC3)c(Cl)c2)cc1F.O=CO. The van der Waals surface area contributed by atoms with Crippen LogP contribution in [-0.4, -0.2) is 62.4 Å². The molecule has 1 aromatic heterocycles. The van der Waals surface area contributed by atoms with Crippen molar-refractivity contribution in [3.8, 4) is 11.5 Å². The molecule has 1 fully saturated rings. The molecule has 1 aliphatic heterocycles. The Balaban J connectivity index is 0.00000122. The van der Waals surface area contributed by atoms with Crippen molar-refractivity contribution in [1.29, 1.82) is 0 Å². The third-order valence-corrected chi connectivity index (χ3v) is 6.08. The molecule has 14 heteroatoms. The van der Waals surface area contributed by atoms with Gasteiger partial charge in [0, 0.05) is 39.3 Å². The highest BCUT2D eigenvalue weighted by Gasteiger charge is 2.23. The standard InChI is InChI=1S/C18H19ClF2N4O4S.CH2O2/c1-24(2)30(27,28)23-18(26)12-8-15(21)16(9-14(12)20)29-11-7-13(19)17(22-10-11)25-5-3-4-6-25;2-1-3/h7-10H,3-6H2,1-2H3,(H,23,26);1H,(H,2,3). The summed E-state index contributed by atoms with van der Waals surface area (Å²) in [6.45, 7) is 1.42. The van der Waals surface area contributed by atoms with Gasteiger partial charge in [0.25, 0.3) is 12.4 Å². The Labute approximate surface area is 193 Å². The molecule has 1 aromatic carbocycles. The molecule has 1 amide bonds. The van der Waals surface area contributed by atoms with Gasteiger partial charge in [-0.25, -0.2) is 18.5 Å². The predicted octanol–water partition coefficient (Wildman–Crippen LogP) is 2.64. The highest BCUT2D eigenvalue weighted by molar-refractivity contribution is 7.87. The summed E-state index contributed by atoms with van der Waals surface area (Å²) in [5, 5.41) is 7.19. The van der Waals surface area contributed by atoms with E-state index in [0.29, 0.717) is 23.0 Å². The second kappa shape index (κ2) is 11.2. The van der Waals surface area contributed by atoms with Crippen molar-refractivity contribution in [1.82, 2.24) is 14.0 Å². The van der Waals surface area contributed by atoms with Gasteiger partial charge in [0.05, 0.1) is 16.8 Å². The van der Waals surface area contributed by atoms with E-state index < -0.39 is 39.1 Å². The van der Waals surface area contributed by atoms with Crippen LogP contribution < -0.4 is 14.4 Å². The smallest absolute Gasteiger partial charge is 0.303 e. The van der Waals surface area contributed by atoms with Crippen molar-refractivity contribution in [3.05, 3.63) is 46.6 Å². The molecule has 0 spiro atoms. The number of rotatable bonds is 6. The van der Waals surface area contributed by atoms with E-state index in [0.717, 1.165) is 30.2 Å². The molecule has 2 heterocycles. The van der Waals surface area contributed by atoms with Gasteiger partial charge in [0.2, 0.25) is 0 Å². The molecular formula is C19H21ClF2N4O6S. The molecule has 0 unspecified atom stereocenters. The van der Waals surface area contributed by atoms with Gasteiger partial charge in [-0.3, -0.25) is 9.59 Å². The number of anilines is 1. The molecule has 2 N–H and O–H groups in total. The van der Waals surface area contributed by atoms with Crippen LogP contribution in [0.4, 0.5) is 14.6 Å². The number of hydrogen-bond donors (Lipinski definition) is 2. The Morgan fingerprint density at radius 3 is 2.39 bits per heavy atom. The lowest BCUT2D eigenvalue weighted by Crippen LogP contribution is -2.39. The van der Waals surface area contributed by atoms with Crippen LogP contribution in [0.3, 0.4) is 0 Å². The monoisotopic (exact) mass is 506 g/mol. The zero-order valence-corrected chi connectivity index (χ0v) is 19.2. The van der Waals surface area contributed by atoms with Gasteiger partial charge in [0.15, 0.2) is 11.6 Å². The van der Waals surface area contributed by atoms with Gasteiger partial charge < -0.3 is 14.7 Å². The van der Waals surface area contributed by atoms with Crippen molar-refractivity contribution in [3.63, 3.8) is 0 Å². The van der Waals surface area contributed by atoms with Gasteiger partial charge in [-0.05, 0) is 18.9 Å². The second-order valence-electron chi connectivity index (χ2n) is 6.86. The predicted molar refractivity (Wildman–Crippen MR) is 116 cm³/mol. The molecule has 180 valence electrons. The molecule has 0 bridgehead atoms. The van der Waals surface area contributed by atoms with Crippen LogP contribution in [-0.2, 0) is 15.0 Å². The van der Waals surface area contributed by atoms with E-state index in [1.54, 1.807) is 4.72 Å². The molecule has 0 atom stereocenters. The minimum absolute atomic E-state index is 0.0774. The first-order chi connectivity index (χ1) is 15.5. The lowest BCUT2D eigenvalue weighted by Gasteiger charge is -2.18. The number of nitrogens with zero attached hydrogens (tertiary/aromatic N) is 3. The number of amides is 1. The number of hydrogen-bond acceptors (Lipinski definition) is 7. The topological polar surface area (TPSA) is 129 Å². The lowest BCUT2D eigenvalue weighted by molar-refractivity contribution is -0.122. The molecule has 0 aliphatic carbocycles. The van der Waals surface area contributed by atoms with Crippen LogP contribution in [0.15, 0.2) is 24.4 Å². The number of carbonyl (C=O) groups is 2. The first kappa shape index (κ1) is 26.2. The molecule has 0 radical (unpaired) electrons. The van der Waals surface area contributed by atoms with Crippen molar-refractivity contribution in [2.24, 2.45) is 0 Å². The zero-order valence-electron chi connectivity index (χ0n) is 17.6. The molecule has 10 nitrogen and oxygen atoms in total. The summed E-state index contributed by atoms with van der Waals surface area (Å²) in [6, 6.07) is 2.64. The molecule has 33 heavy (non-hydrogen) atoms. The average Bonchev–Trinajstić information content (AvgIpc) is 3.25. The minimum atomic E-state index is -4.16. The molecule has 1 aliphatic rings. The number of benzene rings is 1. The van der Waals surface area contributed by atoms with Crippen molar-refractivity contribution < 1.29 is 36.6 Å². The Bertz CT molecular complexity index is 1130. The fourth-order valence-corrected chi connectivity index (χ4v) is 3.60. The average molecular weight is 507 g/mol. The van der Waals surface area contributed by atoms with Crippen LogP contribution in [0.25, 0.3) is 0 Å². The van der Waals surface area contributed by atoms with E-state index in [4.69, 9.17) is 26.2 Å². The van der Waals surface area contributed by atoms with E-state index in [-0.39, 0.29) is 12.2 Å². The fraction of sp³-hybridized carbons (Fsp3) is 0.316. The van der Waals surface area contributed by atoms with E-state index in [9.17, 15) is 22.0 Å². The molecule has 3 rings (SSSR count). The highest BCUT2D eigenvalue weighted by Crippen LogP contribution is 2.33. The van der Waals surface area contributed by atoms with Crippen LogP contribution in [0.5, 0.6) is 11.5 Å². The number of nitrogens with one attached hydrogen (secondary N) is 1. The third-order valence-electron chi connectivity index (χ3n) is 4.40. The molecule has 0 saturated carbocycles. The van der Waals surface area contributed by atoms with Gasteiger partial charge in [-0.2, -0.15) is 12.7 Å². The largest absolute Gasteiger partial charge is 0.483 e. The third kappa shape index (κ3) is 6.73. The number of ether oxygens (including phenoxy) is 1. The van der Waals surface area contributed by atoms with E-state index in [1.807, 2.05) is 4.90 Å². The van der Waals surface area contributed by atoms with Gasteiger partial charge in [-0.15, -0.1) is 0 Å².